The van der Waals surface area contributed by atoms with Crippen LogP contribution < -0.4 is 10.3 Å². The van der Waals surface area contributed by atoms with Crippen LogP contribution in [-0.2, 0) is 11.8 Å². The number of aryl methyl sites for hydroxylation is 1. The van der Waals surface area contributed by atoms with Crippen molar-refractivity contribution in [2.24, 2.45) is 12.5 Å². The third-order valence-corrected chi connectivity index (χ3v) is 5.52. The van der Waals surface area contributed by atoms with E-state index in [1.807, 2.05) is 18.7 Å². The van der Waals surface area contributed by atoms with Gasteiger partial charge in [-0.3, -0.25) is 9.59 Å². The first-order valence-electron chi connectivity index (χ1n) is 8.12. The van der Waals surface area contributed by atoms with Gasteiger partial charge in [0, 0.05) is 31.9 Å². The van der Waals surface area contributed by atoms with Crippen LogP contribution in [-0.4, -0.2) is 34.1 Å². The average Bonchev–Trinajstić information content (AvgIpc) is 2.51. The van der Waals surface area contributed by atoms with Crippen LogP contribution in [0.1, 0.15) is 39.5 Å². The number of nitrogens with zero attached hydrogens (tertiary/aromatic N) is 2. The molecule has 2 heterocycles. The van der Waals surface area contributed by atoms with Crippen LogP contribution in [0.3, 0.4) is 0 Å². The molecule has 3 rings (SSSR count). The number of β-lactam (4-membered cyclic amide) rings is 1. The second kappa shape index (κ2) is 5.96. The zero-order valence-electron chi connectivity index (χ0n) is 13.8. The van der Waals surface area contributed by atoms with Crippen LogP contribution in [0.25, 0.3) is 0 Å². The van der Waals surface area contributed by atoms with E-state index in [2.05, 4.69) is 15.9 Å². The topological polar surface area (TPSA) is 51.5 Å². The van der Waals surface area contributed by atoms with Crippen LogP contribution >= 0.6 is 15.9 Å². The number of aromatic nitrogens is 1. The fourth-order valence-electron chi connectivity index (χ4n) is 3.48. The Kier molecular flexibility index (Phi) is 4.29. The highest BCUT2D eigenvalue weighted by atomic mass is 79.9. The van der Waals surface area contributed by atoms with Crippen LogP contribution in [0.15, 0.2) is 21.5 Å². The lowest BCUT2D eigenvalue weighted by Gasteiger charge is -2.50. The molecule has 0 spiro atoms. The molecule has 1 saturated carbocycles. The number of amides is 1. The van der Waals surface area contributed by atoms with E-state index in [9.17, 15) is 9.59 Å². The standard InChI is InChI=1S/C17H23BrN2O3/c1-17(2)10-20(16(17)22)11-4-6-12(7-5-11)23-14-8-15(21)19(3)9-13(14)18/h8-9,11-12H,4-7,10H2,1-3H3/t11-,12-. The number of rotatable bonds is 3. The highest BCUT2D eigenvalue weighted by Gasteiger charge is 2.47. The average molecular weight is 383 g/mol. The monoisotopic (exact) mass is 382 g/mol. The molecule has 0 aromatic carbocycles. The van der Waals surface area contributed by atoms with Crippen molar-refractivity contribution in [3.63, 3.8) is 0 Å². The van der Waals surface area contributed by atoms with Gasteiger partial charge in [-0.15, -0.1) is 0 Å². The minimum atomic E-state index is -0.178. The van der Waals surface area contributed by atoms with E-state index in [0.717, 1.165) is 36.7 Å². The minimum Gasteiger partial charge on any atom is -0.489 e. The largest absolute Gasteiger partial charge is 0.489 e. The molecular formula is C17H23BrN2O3. The Labute approximate surface area is 144 Å². The lowest BCUT2D eigenvalue weighted by Crippen LogP contribution is -2.62. The number of hydrogen-bond acceptors (Lipinski definition) is 3. The molecule has 23 heavy (non-hydrogen) atoms. The van der Waals surface area contributed by atoms with Gasteiger partial charge < -0.3 is 14.2 Å². The SMILES string of the molecule is Cn1cc(Br)c(O[C@H]2CC[C@H](N3CC(C)(C)C3=O)CC2)cc1=O. The van der Waals surface area contributed by atoms with Crippen molar-refractivity contribution in [1.29, 1.82) is 0 Å². The molecule has 1 saturated heterocycles. The number of hydrogen-bond donors (Lipinski definition) is 0. The molecule has 0 radical (unpaired) electrons. The molecule has 1 aliphatic heterocycles. The van der Waals surface area contributed by atoms with Crippen molar-refractivity contribution in [1.82, 2.24) is 9.47 Å². The van der Waals surface area contributed by atoms with Crippen molar-refractivity contribution in [3.8, 4) is 5.75 Å². The summed E-state index contributed by atoms with van der Waals surface area (Å²) < 4.78 is 8.32. The fraction of sp³-hybridized carbons (Fsp3) is 0.647. The highest BCUT2D eigenvalue weighted by Crippen LogP contribution is 2.37. The summed E-state index contributed by atoms with van der Waals surface area (Å²) >= 11 is 3.45. The maximum atomic E-state index is 12.1. The van der Waals surface area contributed by atoms with Crippen LogP contribution in [0.2, 0.25) is 0 Å². The third-order valence-electron chi connectivity index (χ3n) is 4.93. The first-order chi connectivity index (χ1) is 10.8. The fourth-order valence-corrected chi connectivity index (χ4v) is 4.00. The minimum absolute atomic E-state index is 0.0784. The first kappa shape index (κ1) is 16.6. The number of ether oxygens (including phenoxy) is 1. The molecule has 5 nitrogen and oxygen atoms in total. The number of likely N-dealkylation sites (tertiary alicyclic amines) is 1. The van der Waals surface area contributed by atoms with Gasteiger partial charge in [0.25, 0.3) is 5.56 Å². The van der Waals surface area contributed by atoms with E-state index in [1.165, 1.54) is 10.6 Å². The number of pyridine rings is 1. The molecule has 0 bridgehead atoms. The van der Waals surface area contributed by atoms with Gasteiger partial charge in [0.1, 0.15) is 5.75 Å². The second-order valence-electron chi connectivity index (χ2n) is 7.30. The van der Waals surface area contributed by atoms with Crippen molar-refractivity contribution in [3.05, 3.63) is 27.1 Å². The molecule has 1 aromatic rings. The first-order valence-corrected chi connectivity index (χ1v) is 8.91. The summed E-state index contributed by atoms with van der Waals surface area (Å²) in [7, 11) is 1.72. The summed E-state index contributed by atoms with van der Waals surface area (Å²) in [6.45, 7) is 4.88. The predicted molar refractivity (Wildman–Crippen MR) is 91.5 cm³/mol. The van der Waals surface area contributed by atoms with E-state index >= 15 is 0 Å². The van der Waals surface area contributed by atoms with Crippen LogP contribution in [0.4, 0.5) is 0 Å². The van der Waals surface area contributed by atoms with E-state index in [4.69, 9.17) is 4.74 Å². The third kappa shape index (κ3) is 3.18. The van der Waals surface area contributed by atoms with Gasteiger partial charge in [0.15, 0.2) is 0 Å². The van der Waals surface area contributed by atoms with E-state index < -0.39 is 0 Å². The molecule has 2 aliphatic rings. The molecule has 1 aliphatic carbocycles. The number of halogens is 1. The highest BCUT2D eigenvalue weighted by molar-refractivity contribution is 9.10. The summed E-state index contributed by atoms with van der Waals surface area (Å²) in [5.41, 5.74) is -0.257. The Morgan fingerprint density at radius 2 is 1.87 bits per heavy atom. The van der Waals surface area contributed by atoms with Gasteiger partial charge in [-0.1, -0.05) is 0 Å². The summed E-state index contributed by atoms with van der Waals surface area (Å²) in [4.78, 5) is 25.9. The zero-order chi connectivity index (χ0) is 16.8. The molecule has 1 aromatic heterocycles. The summed E-state index contributed by atoms with van der Waals surface area (Å²) in [6, 6.07) is 1.87. The Morgan fingerprint density at radius 1 is 1.22 bits per heavy atom. The summed E-state index contributed by atoms with van der Waals surface area (Å²) in [6.07, 6.45) is 5.60. The number of carbonyl (C=O) groups is 1. The van der Waals surface area contributed by atoms with Crippen LogP contribution in [0.5, 0.6) is 5.75 Å². The quantitative estimate of drug-likeness (QED) is 0.755. The second-order valence-corrected chi connectivity index (χ2v) is 8.15. The normalized spacial score (nSPS) is 26.8. The lowest BCUT2D eigenvalue weighted by molar-refractivity contribution is -0.162. The smallest absolute Gasteiger partial charge is 0.254 e. The Bertz CT molecular complexity index is 675. The molecule has 2 fully saturated rings. The molecule has 126 valence electrons. The molecular weight excluding hydrogens is 360 g/mol. The molecule has 0 N–H and O–H groups in total. The van der Waals surface area contributed by atoms with E-state index in [1.54, 1.807) is 13.2 Å². The van der Waals surface area contributed by atoms with Gasteiger partial charge >= 0.3 is 0 Å². The van der Waals surface area contributed by atoms with Gasteiger partial charge in [-0.2, -0.15) is 0 Å². The van der Waals surface area contributed by atoms with Gasteiger partial charge in [-0.25, -0.2) is 0 Å². The van der Waals surface area contributed by atoms with Crippen molar-refractivity contribution < 1.29 is 9.53 Å². The van der Waals surface area contributed by atoms with Crippen molar-refractivity contribution in [2.75, 3.05) is 6.54 Å². The maximum absolute atomic E-state index is 12.1. The Balaban J connectivity index is 1.57. The molecule has 6 heteroatoms. The molecule has 0 atom stereocenters. The summed E-state index contributed by atoms with van der Waals surface area (Å²) in [5, 5.41) is 0. The van der Waals surface area contributed by atoms with E-state index in [-0.39, 0.29) is 23.0 Å². The number of carbonyl (C=O) groups excluding carboxylic acids is 1. The van der Waals surface area contributed by atoms with Gasteiger partial charge in [-0.05, 0) is 55.5 Å². The molecule has 0 unspecified atom stereocenters. The Hall–Kier alpha value is -1.30. The zero-order valence-corrected chi connectivity index (χ0v) is 15.4. The molecule has 1 amide bonds. The van der Waals surface area contributed by atoms with Gasteiger partial charge in [0.05, 0.1) is 16.0 Å². The van der Waals surface area contributed by atoms with Crippen LogP contribution in [0, 0.1) is 5.41 Å². The van der Waals surface area contributed by atoms with E-state index in [0.29, 0.717) is 11.8 Å². The predicted octanol–water partition coefficient (Wildman–Crippen LogP) is 2.71. The lowest BCUT2D eigenvalue weighted by atomic mass is 9.79. The van der Waals surface area contributed by atoms with Crippen molar-refractivity contribution in [2.45, 2.75) is 51.7 Å². The van der Waals surface area contributed by atoms with Crippen molar-refractivity contribution >= 4 is 21.8 Å². The Morgan fingerprint density at radius 3 is 2.43 bits per heavy atom. The maximum Gasteiger partial charge on any atom is 0.254 e. The summed E-state index contributed by atoms with van der Waals surface area (Å²) in [5.74, 6) is 0.883. The van der Waals surface area contributed by atoms with Gasteiger partial charge in [0.2, 0.25) is 5.91 Å².